The van der Waals surface area contributed by atoms with E-state index in [-0.39, 0.29) is 25.3 Å². The molecule has 6 nitrogen and oxygen atoms in total. The molecule has 1 rings (SSSR count). The van der Waals surface area contributed by atoms with Gasteiger partial charge in [-0.3, -0.25) is 4.79 Å². The zero-order valence-corrected chi connectivity index (χ0v) is 12.6. The topological polar surface area (TPSA) is 98.5 Å². The molecule has 1 aromatic rings. The largest absolute Gasteiger partial charge is 0.392 e. The van der Waals surface area contributed by atoms with E-state index < -0.39 is 21.5 Å². The van der Waals surface area contributed by atoms with Crippen molar-refractivity contribution in [3.63, 3.8) is 0 Å². The fourth-order valence-corrected chi connectivity index (χ4v) is 3.09. The molecule has 0 aliphatic rings. The summed E-state index contributed by atoms with van der Waals surface area (Å²) in [4.78, 5) is 13.0. The molecule has 0 saturated carbocycles. The number of nitriles is 1. The number of carbonyl (C=O) groups excluding carboxylic acids is 1. The molecule has 0 fully saturated rings. The van der Waals surface area contributed by atoms with Gasteiger partial charge in [-0.15, -0.1) is 0 Å². The first kappa shape index (κ1) is 17.1. The van der Waals surface area contributed by atoms with Crippen molar-refractivity contribution in [2.75, 3.05) is 19.3 Å². The molecule has 0 heterocycles. The van der Waals surface area contributed by atoms with Crippen LogP contribution in [-0.4, -0.2) is 43.7 Å². The maximum atomic E-state index is 12.0. The summed E-state index contributed by atoms with van der Waals surface area (Å²) in [6.07, 6.45) is 0.172. The van der Waals surface area contributed by atoms with Crippen molar-refractivity contribution < 1.29 is 18.3 Å². The molecule has 0 atom stereocenters. The van der Waals surface area contributed by atoms with Crippen LogP contribution in [0.25, 0.3) is 0 Å². The molecule has 0 unspecified atom stereocenters. The lowest BCUT2D eigenvalue weighted by Crippen LogP contribution is -2.33. The Morgan fingerprint density at radius 1 is 1.29 bits per heavy atom. The molecule has 0 radical (unpaired) electrons. The van der Waals surface area contributed by atoms with Crippen molar-refractivity contribution in [1.82, 2.24) is 4.90 Å². The number of hydrogen-bond acceptors (Lipinski definition) is 5. The number of hydrogen-bond donors (Lipinski definition) is 1. The Morgan fingerprint density at radius 2 is 1.86 bits per heavy atom. The monoisotopic (exact) mass is 310 g/mol. The molecule has 7 heteroatoms. The fourth-order valence-electron chi connectivity index (χ4n) is 1.69. The smallest absolute Gasteiger partial charge is 0.237 e. The first-order valence-corrected chi connectivity index (χ1v) is 8.20. The Hall–Kier alpha value is -1.91. The van der Waals surface area contributed by atoms with E-state index in [0.717, 1.165) is 0 Å². The molecular weight excluding hydrogens is 292 g/mol. The standard InChI is InChI=1S/C14H18N2O4S/c1-16(8-2-7-15)14(18)11-21(19,20)10-13-5-3-12(9-17)4-6-13/h3-6,17H,2,8-11H2,1H3. The molecule has 0 saturated heterocycles. The molecule has 1 aromatic carbocycles. The van der Waals surface area contributed by atoms with Crippen molar-refractivity contribution >= 4 is 15.7 Å². The van der Waals surface area contributed by atoms with Gasteiger partial charge in [0.25, 0.3) is 0 Å². The SMILES string of the molecule is CN(CCC#N)C(=O)CS(=O)(=O)Cc1ccc(CO)cc1. The van der Waals surface area contributed by atoms with Crippen LogP contribution in [0.1, 0.15) is 17.5 Å². The van der Waals surface area contributed by atoms with Crippen LogP contribution >= 0.6 is 0 Å². The van der Waals surface area contributed by atoms with E-state index in [1.165, 1.54) is 11.9 Å². The number of nitrogens with zero attached hydrogens (tertiary/aromatic N) is 2. The molecule has 0 spiro atoms. The Labute approximate surface area is 124 Å². The van der Waals surface area contributed by atoms with Crippen molar-refractivity contribution in [2.45, 2.75) is 18.8 Å². The average Bonchev–Trinajstić information content (AvgIpc) is 2.44. The predicted molar refractivity (Wildman–Crippen MR) is 77.7 cm³/mol. The number of rotatable bonds is 7. The highest BCUT2D eigenvalue weighted by Gasteiger charge is 2.20. The maximum absolute atomic E-state index is 12.0. The van der Waals surface area contributed by atoms with E-state index in [1.54, 1.807) is 24.3 Å². The summed E-state index contributed by atoms with van der Waals surface area (Å²) >= 11 is 0. The van der Waals surface area contributed by atoms with Crippen LogP contribution in [0.4, 0.5) is 0 Å². The minimum atomic E-state index is -3.56. The summed E-state index contributed by atoms with van der Waals surface area (Å²) in [5.74, 6) is -1.31. The highest BCUT2D eigenvalue weighted by Crippen LogP contribution is 2.09. The van der Waals surface area contributed by atoms with Gasteiger partial charge in [0.15, 0.2) is 9.84 Å². The Kier molecular flexibility index (Phi) is 6.34. The van der Waals surface area contributed by atoms with Crippen LogP contribution in [0.2, 0.25) is 0 Å². The zero-order valence-electron chi connectivity index (χ0n) is 11.8. The third-order valence-corrected chi connectivity index (χ3v) is 4.38. The molecule has 114 valence electrons. The first-order chi connectivity index (χ1) is 9.88. The van der Waals surface area contributed by atoms with Crippen LogP contribution in [0.15, 0.2) is 24.3 Å². The quantitative estimate of drug-likeness (QED) is 0.789. The van der Waals surface area contributed by atoms with Gasteiger partial charge in [-0.25, -0.2) is 8.42 Å². The summed E-state index contributed by atoms with van der Waals surface area (Å²) in [5, 5.41) is 17.4. The fraction of sp³-hybridized carbons (Fsp3) is 0.429. The number of benzene rings is 1. The van der Waals surface area contributed by atoms with Gasteiger partial charge in [-0.2, -0.15) is 5.26 Å². The van der Waals surface area contributed by atoms with Crippen molar-refractivity contribution in [2.24, 2.45) is 0 Å². The van der Waals surface area contributed by atoms with Crippen molar-refractivity contribution in [1.29, 1.82) is 5.26 Å². The number of aliphatic hydroxyl groups is 1. The van der Waals surface area contributed by atoms with Gasteiger partial charge in [0.1, 0.15) is 5.75 Å². The van der Waals surface area contributed by atoms with E-state index in [4.69, 9.17) is 10.4 Å². The zero-order chi connectivity index (χ0) is 15.9. The summed E-state index contributed by atoms with van der Waals surface area (Å²) in [5.41, 5.74) is 1.27. The highest BCUT2D eigenvalue weighted by atomic mass is 32.2. The summed E-state index contributed by atoms with van der Waals surface area (Å²) in [6, 6.07) is 8.43. The van der Waals surface area contributed by atoms with E-state index in [1.807, 2.05) is 6.07 Å². The minimum Gasteiger partial charge on any atom is -0.392 e. The lowest BCUT2D eigenvalue weighted by atomic mass is 10.2. The second-order valence-corrected chi connectivity index (χ2v) is 6.79. The second-order valence-electron chi connectivity index (χ2n) is 4.73. The predicted octanol–water partition coefficient (Wildman–Crippen LogP) is 0.466. The van der Waals surface area contributed by atoms with E-state index in [0.29, 0.717) is 11.1 Å². The molecule has 0 aliphatic carbocycles. The average molecular weight is 310 g/mol. The maximum Gasteiger partial charge on any atom is 0.237 e. The molecule has 1 amide bonds. The summed E-state index contributed by atoms with van der Waals surface area (Å²) in [6.45, 7) is 0.116. The number of sulfone groups is 1. The number of aliphatic hydroxyl groups excluding tert-OH is 1. The van der Waals surface area contributed by atoms with E-state index in [2.05, 4.69) is 0 Å². The Balaban J connectivity index is 2.64. The third kappa shape index (κ3) is 5.94. The van der Waals surface area contributed by atoms with Gasteiger partial charge in [-0.05, 0) is 11.1 Å². The van der Waals surface area contributed by atoms with E-state index >= 15 is 0 Å². The molecule has 1 N–H and O–H groups in total. The van der Waals surface area contributed by atoms with E-state index in [9.17, 15) is 13.2 Å². The molecule has 21 heavy (non-hydrogen) atoms. The van der Waals surface area contributed by atoms with Crippen LogP contribution in [-0.2, 0) is 27.0 Å². The van der Waals surface area contributed by atoms with Gasteiger partial charge >= 0.3 is 0 Å². The normalized spacial score (nSPS) is 10.9. The molecule has 0 bridgehead atoms. The van der Waals surface area contributed by atoms with Gasteiger partial charge in [-0.1, -0.05) is 24.3 Å². The third-order valence-electron chi connectivity index (χ3n) is 2.92. The second kappa shape index (κ2) is 7.76. The van der Waals surface area contributed by atoms with Crippen LogP contribution < -0.4 is 0 Å². The van der Waals surface area contributed by atoms with Gasteiger partial charge in [0.2, 0.25) is 5.91 Å². The Morgan fingerprint density at radius 3 is 2.38 bits per heavy atom. The van der Waals surface area contributed by atoms with Crippen LogP contribution in [0.3, 0.4) is 0 Å². The molecular formula is C14H18N2O4S. The summed E-state index contributed by atoms with van der Waals surface area (Å²) in [7, 11) is -2.08. The Bertz CT molecular complexity index is 617. The summed E-state index contributed by atoms with van der Waals surface area (Å²) < 4.78 is 24.0. The van der Waals surface area contributed by atoms with Crippen LogP contribution in [0, 0.1) is 11.3 Å². The van der Waals surface area contributed by atoms with Crippen LogP contribution in [0.5, 0.6) is 0 Å². The lowest BCUT2D eigenvalue weighted by Gasteiger charge is -2.15. The van der Waals surface area contributed by atoms with Crippen molar-refractivity contribution in [3.8, 4) is 6.07 Å². The van der Waals surface area contributed by atoms with Gasteiger partial charge in [0.05, 0.1) is 24.8 Å². The van der Waals surface area contributed by atoms with Gasteiger partial charge < -0.3 is 10.0 Å². The highest BCUT2D eigenvalue weighted by molar-refractivity contribution is 7.91. The van der Waals surface area contributed by atoms with Crippen molar-refractivity contribution in [3.05, 3.63) is 35.4 Å². The molecule has 0 aliphatic heterocycles. The minimum absolute atomic E-state index is 0.102. The number of carbonyl (C=O) groups is 1. The number of amides is 1. The van der Waals surface area contributed by atoms with Gasteiger partial charge in [0, 0.05) is 13.6 Å². The first-order valence-electron chi connectivity index (χ1n) is 6.38. The lowest BCUT2D eigenvalue weighted by molar-refractivity contribution is -0.127. The molecule has 0 aromatic heterocycles.